The molecule has 2 aromatic rings. The predicted molar refractivity (Wildman–Crippen MR) is 95.6 cm³/mol. The van der Waals surface area contributed by atoms with Crippen molar-refractivity contribution in [3.63, 3.8) is 0 Å². The van der Waals surface area contributed by atoms with Crippen molar-refractivity contribution in [2.45, 2.75) is 31.7 Å². The molecule has 0 bridgehead atoms. The molecule has 3 rings (SSSR count). The molecule has 1 N–H and O–H groups in total. The first kappa shape index (κ1) is 22.3. The number of imide groups is 1. The summed E-state index contributed by atoms with van der Waals surface area (Å²) in [5.74, 6) is -1.78. The fourth-order valence-corrected chi connectivity index (χ4v) is 2.96. The Morgan fingerprint density at radius 3 is 1.77 bits per heavy atom. The molecular weight excluding hydrogens is 430 g/mol. The normalized spacial score (nSPS) is 14.8. The third-order valence-corrected chi connectivity index (χ3v) is 4.56. The van der Waals surface area contributed by atoms with Crippen molar-refractivity contribution in [1.29, 1.82) is 0 Å². The molecule has 164 valence electrons. The van der Waals surface area contributed by atoms with Gasteiger partial charge < -0.3 is 5.32 Å². The molecule has 0 radical (unpaired) electrons. The Hall–Kier alpha value is -3.37. The average Bonchev–Trinajstić information content (AvgIpc) is 2.99. The minimum absolute atomic E-state index is 0.0223. The Kier molecular flexibility index (Phi) is 5.79. The first-order valence-electron chi connectivity index (χ1n) is 8.87. The summed E-state index contributed by atoms with van der Waals surface area (Å²) in [7, 11) is 0. The van der Waals surface area contributed by atoms with Gasteiger partial charge in [-0.05, 0) is 35.9 Å². The van der Waals surface area contributed by atoms with E-state index in [1.807, 2.05) is 0 Å². The molecule has 31 heavy (non-hydrogen) atoms. The number of benzene rings is 2. The van der Waals surface area contributed by atoms with E-state index in [9.17, 15) is 40.7 Å². The van der Waals surface area contributed by atoms with Crippen molar-refractivity contribution in [1.82, 2.24) is 4.90 Å². The molecule has 0 spiro atoms. The largest absolute Gasteiger partial charge is 0.416 e. The summed E-state index contributed by atoms with van der Waals surface area (Å²) in [5.41, 5.74) is -3.33. The predicted octanol–water partition coefficient (Wildman–Crippen LogP) is 4.63. The highest BCUT2D eigenvalue weighted by Crippen LogP contribution is 2.36. The number of nitrogens with one attached hydrogen (secondary N) is 1. The average molecular weight is 444 g/mol. The van der Waals surface area contributed by atoms with Crippen LogP contribution in [0.2, 0.25) is 0 Å². The molecule has 0 atom stereocenters. The van der Waals surface area contributed by atoms with Gasteiger partial charge in [0.25, 0.3) is 5.91 Å². The van der Waals surface area contributed by atoms with Gasteiger partial charge >= 0.3 is 12.4 Å². The summed E-state index contributed by atoms with van der Waals surface area (Å²) >= 11 is 0. The first-order chi connectivity index (χ1) is 14.3. The molecule has 0 unspecified atom stereocenters. The van der Waals surface area contributed by atoms with Crippen LogP contribution >= 0.6 is 0 Å². The quantitative estimate of drug-likeness (QED) is 0.553. The Labute approximate surface area is 171 Å². The highest BCUT2D eigenvalue weighted by atomic mass is 19.4. The summed E-state index contributed by atoms with van der Waals surface area (Å²) in [4.78, 5) is 36.6. The zero-order chi connectivity index (χ0) is 23.0. The van der Waals surface area contributed by atoms with Gasteiger partial charge in [-0.25, -0.2) is 0 Å². The minimum atomic E-state index is -5.07. The Morgan fingerprint density at radius 1 is 0.839 bits per heavy atom. The number of carbonyl (C=O) groups is 3. The number of hydrogen-bond acceptors (Lipinski definition) is 3. The summed E-state index contributed by atoms with van der Waals surface area (Å²) in [5, 5.41) is 2.23. The van der Waals surface area contributed by atoms with Crippen molar-refractivity contribution >= 4 is 23.4 Å². The Morgan fingerprint density at radius 2 is 1.32 bits per heavy atom. The van der Waals surface area contributed by atoms with Crippen LogP contribution in [0.25, 0.3) is 0 Å². The van der Waals surface area contributed by atoms with Crippen molar-refractivity contribution in [3.05, 3.63) is 64.7 Å². The van der Waals surface area contributed by atoms with E-state index in [2.05, 4.69) is 5.32 Å². The van der Waals surface area contributed by atoms with Gasteiger partial charge in [-0.1, -0.05) is 12.1 Å². The second kappa shape index (κ2) is 8.05. The van der Waals surface area contributed by atoms with E-state index in [0.717, 1.165) is 4.90 Å². The van der Waals surface area contributed by atoms with Crippen LogP contribution in [-0.4, -0.2) is 22.6 Å². The fourth-order valence-electron chi connectivity index (χ4n) is 2.96. The Balaban J connectivity index is 1.78. The molecule has 5 nitrogen and oxygen atoms in total. The van der Waals surface area contributed by atoms with Crippen LogP contribution in [0.1, 0.15) is 39.9 Å². The summed E-state index contributed by atoms with van der Waals surface area (Å²) in [6.07, 6.45) is -9.88. The lowest BCUT2D eigenvalue weighted by Crippen LogP contribution is -2.28. The number of rotatable bonds is 4. The van der Waals surface area contributed by atoms with E-state index in [1.54, 1.807) is 0 Å². The van der Waals surface area contributed by atoms with E-state index in [0.29, 0.717) is 17.7 Å². The molecule has 1 saturated heterocycles. The van der Waals surface area contributed by atoms with Crippen molar-refractivity contribution in [2.24, 2.45) is 0 Å². The van der Waals surface area contributed by atoms with Crippen LogP contribution in [0.15, 0.2) is 42.5 Å². The van der Waals surface area contributed by atoms with E-state index >= 15 is 0 Å². The Bertz CT molecular complexity index is 980. The molecule has 0 aliphatic carbocycles. The van der Waals surface area contributed by atoms with Crippen LogP contribution in [-0.2, 0) is 28.5 Å². The fraction of sp³-hybridized carbons (Fsp3) is 0.250. The number of alkyl halides is 6. The zero-order valence-corrected chi connectivity index (χ0v) is 15.6. The summed E-state index contributed by atoms with van der Waals surface area (Å²) in [6.45, 7) is 0.0223. The van der Waals surface area contributed by atoms with Crippen LogP contribution < -0.4 is 5.32 Å². The van der Waals surface area contributed by atoms with Gasteiger partial charge in [0.15, 0.2) is 0 Å². The van der Waals surface area contributed by atoms with Gasteiger partial charge in [0.05, 0.1) is 17.7 Å². The van der Waals surface area contributed by atoms with Crippen molar-refractivity contribution < 1.29 is 40.7 Å². The lowest BCUT2D eigenvalue weighted by atomic mass is 10.0. The number of halogens is 6. The maximum Gasteiger partial charge on any atom is 0.416 e. The molecule has 1 fully saturated rings. The van der Waals surface area contributed by atoms with E-state index < -0.39 is 35.0 Å². The molecular formula is C20H14F6N2O3. The highest BCUT2D eigenvalue weighted by Gasteiger charge is 2.37. The van der Waals surface area contributed by atoms with E-state index in [4.69, 9.17) is 0 Å². The highest BCUT2D eigenvalue weighted by molar-refractivity contribution is 6.04. The standard InChI is InChI=1S/C20H14F6N2O3/c21-19(22,23)13-7-12(8-14(9-13)20(24,25)26)18(31)27-15-3-1-11(2-4-15)10-28-16(29)5-6-17(28)30/h1-4,7-9H,5-6,10H2,(H,27,31). The third-order valence-electron chi connectivity index (χ3n) is 4.56. The van der Waals surface area contributed by atoms with Gasteiger partial charge in [0, 0.05) is 24.1 Å². The number of hydrogen-bond donors (Lipinski definition) is 1. The topological polar surface area (TPSA) is 66.5 Å². The number of nitrogens with zero attached hydrogens (tertiary/aromatic N) is 1. The van der Waals surface area contributed by atoms with Gasteiger partial charge in [-0.3, -0.25) is 19.3 Å². The molecule has 0 aromatic heterocycles. The lowest BCUT2D eigenvalue weighted by molar-refractivity contribution is -0.143. The number of anilines is 1. The number of carbonyl (C=O) groups excluding carboxylic acids is 3. The second-order valence-electron chi connectivity index (χ2n) is 6.82. The van der Waals surface area contributed by atoms with Gasteiger partial charge in [0.2, 0.25) is 11.8 Å². The van der Waals surface area contributed by atoms with Crippen molar-refractivity contribution in [3.8, 4) is 0 Å². The van der Waals surface area contributed by atoms with E-state index in [-0.39, 0.29) is 43.0 Å². The second-order valence-corrected chi connectivity index (χ2v) is 6.82. The smallest absolute Gasteiger partial charge is 0.322 e. The van der Waals surface area contributed by atoms with Crippen molar-refractivity contribution in [2.75, 3.05) is 5.32 Å². The van der Waals surface area contributed by atoms with Gasteiger partial charge in [-0.15, -0.1) is 0 Å². The number of likely N-dealkylation sites (tertiary alicyclic amines) is 1. The zero-order valence-electron chi connectivity index (χ0n) is 15.6. The maximum atomic E-state index is 12.9. The lowest BCUT2D eigenvalue weighted by Gasteiger charge is -2.15. The minimum Gasteiger partial charge on any atom is -0.322 e. The number of amides is 3. The van der Waals surface area contributed by atoms with Crippen LogP contribution in [0.4, 0.5) is 32.0 Å². The summed E-state index contributed by atoms with van der Waals surface area (Å²) in [6, 6.07) is 6.27. The van der Waals surface area contributed by atoms with E-state index in [1.165, 1.54) is 24.3 Å². The molecule has 1 heterocycles. The maximum absolute atomic E-state index is 12.9. The molecule has 1 aliphatic rings. The SMILES string of the molecule is O=C(Nc1ccc(CN2C(=O)CCC2=O)cc1)c1cc(C(F)(F)F)cc(C(F)(F)F)c1. The third kappa shape index (κ3) is 5.22. The molecule has 0 saturated carbocycles. The molecule has 11 heteroatoms. The first-order valence-corrected chi connectivity index (χ1v) is 8.87. The van der Waals surface area contributed by atoms with Crippen LogP contribution in [0, 0.1) is 0 Å². The van der Waals surface area contributed by atoms with Crippen LogP contribution in [0.5, 0.6) is 0 Å². The van der Waals surface area contributed by atoms with Gasteiger partial charge in [-0.2, -0.15) is 26.3 Å². The van der Waals surface area contributed by atoms with Crippen LogP contribution in [0.3, 0.4) is 0 Å². The molecule has 2 aromatic carbocycles. The monoisotopic (exact) mass is 444 g/mol. The molecule has 1 aliphatic heterocycles. The summed E-state index contributed by atoms with van der Waals surface area (Å²) < 4.78 is 77.7. The van der Waals surface area contributed by atoms with Gasteiger partial charge in [0.1, 0.15) is 0 Å². The molecule has 3 amide bonds.